The molecule has 0 radical (unpaired) electrons. The number of hydrogen-bond acceptors (Lipinski definition) is 1. The van der Waals surface area contributed by atoms with Gasteiger partial charge < -0.3 is 4.90 Å². The second kappa shape index (κ2) is 6.65. The fourth-order valence-corrected chi connectivity index (χ4v) is 3.30. The number of halogens is 2. The maximum Gasteiger partial charge on any atom is 0.274 e. The van der Waals surface area contributed by atoms with Gasteiger partial charge in [0.1, 0.15) is 32.7 Å². The molecule has 1 aromatic heterocycles. The summed E-state index contributed by atoms with van der Waals surface area (Å²) in [5.74, 6) is 1.19. The van der Waals surface area contributed by atoms with Gasteiger partial charge in [0.05, 0.1) is 16.2 Å². The van der Waals surface area contributed by atoms with E-state index in [1.54, 1.807) is 0 Å². The largest absolute Gasteiger partial charge is 0.325 e. The van der Waals surface area contributed by atoms with Crippen LogP contribution in [0.4, 0.5) is 5.82 Å². The van der Waals surface area contributed by atoms with Crippen LogP contribution >= 0.6 is 23.2 Å². The van der Waals surface area contributed by atoms with E-state index < -0.39 is 0 Å². The van der Waals surface area contributed by atoms with Crippen molar-refractivity contribution in [2.24, 2.45) is 0 Å². The first kappa shape index (κ1) is 14.6. The fraction of sp³-hybridized carbons (Fsp3) is 0.312. The summed E-state index contributed by atoms with van der Waals surface area (Å²) in [5.41, 5.74) is 1.07. The molecule has 1 saturated heterocycles. The van der Waals surface area contributed by atoms with Gasteiger partial charge in [-0.3, -0.25) is 4.90 Å². The highest BCUT2D eigenvalue weighted by molar-refractivity contribution is 6.35. The Morgan fingerprint density at radius 2 is 1.71 bits per heavy atom. The topological polar surface area (TPSA) is 21.8 Å². The van der Waals surface area contributed by atoms with Crippen molar-refractivity contribution >= 4 is 29.0 Å². The predicted octanol–water partition coefficient (Wildman–Crippen LogP) is 1.71. The number of nitrogens with zero attached hydrogens (tertiary/aromatic N) is 1. The van der Waals surface area contributed by atoms with Gasteiger partial charge >= 0.3 is 0 Å². The molecule has 0 saturated carbocycles. The molecule has 2 heterocycles. The first-order chi connectivity index (χ1) is 10.2. The van der Waals surface area contributed by atoms with Crippen molar-refractivity contribution in [2.45, 2.75) is 6.54 Å². The molecule has 0 atom stereocenters. The molecule has 0 spiro atoms. The van der Waals surface area contributed by atoms with Crippen LogP contribution in [0, 0.1) is 0 Å². The summed E-state index contributed by atoms with van der Waals surface area (Å²) in [6.45, 7) is 5.15. The average molecular weight is 324 g/mol. The van der Waals surface area contributed by atoms with E-state index in [1.165, 1.54) is 10.7 Å². The van der Waals surface area contributed by atoms with Crippen molar-refractivity contribution in [2.75, 3.05) is 31.1 Å². The zero-order valence-corrected chi connectivity index (χ0v) is 13.3. The molecule has 2 aromatic rings. The average Bonchev–Trinajstić information content (AvgIpc) is 2.53. The van der Waals surface area contributed by atoms with Gasteiger partial charge in [-0.25, -0.2) is 4.98 Å². The standard InChI is InChI=1S/C16H17Cl2N3/c17-14-4-3-5-15(18)13(14)12-20-8-10-21(11-9-20)16-6-1-2-7-19-16/h1-7H,8-12H2/p+2. The summed E-state index contributed by atoms with van der Waals surface area (Å²) >= 11 is 12.5. The molecule has 2 N–H and O–H groups in total. The van der Waals surface area contributed by atoms with Gasteiger partial charge in [-0.05, 0) is 18.2 Å². The molecule has 0 bridgehead atoms. The van der Waals surface area contributed by atoms with Gasteiger partial charge in [0.25, 0.3) is 5.82 Å². The Morgan fingerprint density at radius 3 is 2.33 bits per heavy atom. The van der Waals surface area contributed by atoms with Crippen LogP contribution in [-0.4, -0.2) is 26.2 Å². The van der Waals surface area contributed by atoms with Crippen molar-refractivity contribution in [3.8, 4) is 0 Å². The molecule has 1 aromatic carbocycles. The van der Waals surface area contributed by atoms with Crippen LogP contribution in [0.15, 0.2) is 42.6 Å². The lowest BCUT2D eigenvalue weighted by atomic mass is 10.2. The molecule has 3 rings (SSSR count). The predicted molar refractivity (Wildman–Crippen MR) is 86.1 cm³/mol. The lowest BCUT2D eigenvalue weighted by molar-refractivity contribution is -0.914. The number of benzene rings is 1. The van der Waals surface area contributed by atoms with Crippen LogP contribution in [0.1, 0.15) is 5.56 Å². The molecule has 5 heteroatoms. The molecule has 1 fully saturated rings. The van der Waals surface area contributed by atoms with E-state index in [-0.39, 0.29) is 0 Å². The summed E-state index contributed by atoms with van der Waals surface area (Å²) in [6, 6.07) is 11.9. The number of anilines is 1. The second-order valence-corrected chi connectivity index (χ2v) is 6.18. The number of quaternary nitrogens is 1. The van der Waals surface area contributed by atoms with E-state index in [1.807, 2.05) is 30.5 Å². The van der Waals surface area contributed by atoms with Gasteiger partial charge in [0.15, 0.2) is 0 Å². The Labute approximate surface area is 135 Å². The lowest BCUT2D eigenvalue weighted by Crippen LogP contribution is -3.13. The Morgan fingerprint density at radius 1 is 1.00 bits per heavy atom. The highest BCUT2D eigenvalue weighted by atomic mass is 35.5. The third kappa shape index (κ3) is 3.49. The summed E-state index contributed by atoms with van der Waals surface area (Å²) in [6.07, 6.45) is 1.97. The summed E-state index contributed by atoms with van der Waals surface area (Å²) in [7, 11) is 0. The quantitative estimate of drug-likeness (QED) is 0.912. The second-order valence-electron chi connectivity index (χ2n) is 5.36. The van der Waals surface area contributed by atoms with Gasteiger partial charge in [0, 0.05) is 11.6 Å². The Balaban J connectivity index is 1.62. The first-order valence-electron chi connectivity index (χ1n) is 7.22. The molecule has 110 valence electrons. The monoisotopic (exact) mass is 323 g/mol. The number of rotatable bonds is 3. The van der Waals surface area contributed by atoms with Gasteiger partial charge in [0.2, 0.25) is 0 Å². The van der Waals surface area contributed by atoms with E-state index in [2.05, 4.69) is 22.0 Å². The number of piperazine rings is 1. The minimum atomic E-state index is 0.772. The van der Waals surface area contributed by atoms with Crippen molar-refractivity contribution in [3.05, 3.63) is 58.2 Å². The molecule has 0 aliphatic carbocycles. The zero-order chi connectivity index (χ0) is 14.7. The van der Waals surface area contributed by atoms with Crippen molar-refractivity contribution in [3.63, 3.8) is 0 Å². The van der Waals surface area contributed by atoms with Crippen LogP contribution in [-0.2, 0) is 6.54 Å². The summed E-state index contributed by atoms with van der Waals surface area (Å²) < 4.78 is 0. The highest BCUT2D eigenvalue weighted by Crippen LogP contribution is 2.23. The van der Waals surface area contributed by atoms with E-state index in [9.17, 15) is 0 Å². The van der Waals surface area contributed by atoms with E-state index in [0.717, 1.165) is 48.3 Å². The molecule has 21 heavy (non-hydrogen) atoms. The smallest absolute Gasteiger partial charge is 0.274 e. The van der Waals surface area contributed by atoms with Gasteiger partial charge in [-0.15, -0.1) is 0 Å². The molecule has 0 unspecified atom stereocenters. The van der Waals surface area contributed by atoms with Crippen LogP contribution in [0.5, 0.6) is 0 Å². The minimum Gasteiger partial charge on any atom is -0.325 e. The summed E-state index contributed by atoms with van der Waals surface area (Å²) in [5, 5.41) is 1.54. The molecular formula is C16H19Cl2N3+2. The Hall–Kier alpha value is -1.29. The number of nitrogens with one attached hydrogen (secondary N) is 2. The molecular weight excluding hydrogens is 305 g/mol. The van der Waals surface area contributed by atoms with Crippen LogP contribution in [0.25, 0.3) is 0 Å². The van der Waals surface area contributed by atoms with Crippen molar-refractivity contribution < 1.29 is 9.88 Å². The zero-order valence-electron chi connectivity index (χ0n) is 11.8. The van der Waals surface area contributed by atoms with Crippen molar-refractivity contribution in [1.82, 2.24) is 0 Å². The third-order valence-corrected chi connectivity index (χ3v) is 4.70. The fourth-order valence-electron chi connectivity index (χ4n) is 2.77. The number of hydrogen-bond donors (Lipinski definition) is 1. The van der Waals surface area contributed by atoms with Gasteiger partial charge in [-0.2, -0.15) is 0 Å². The molecule has 0 amide bonds. The summed E-state index contributed by atoms with van der Waals surface area (Å²) in [4.78, 5) is 7.21. The first-order valence-corrected chi connectivity index (χ1v) is 7.98. The number of H-pyrrole nitrogens is 1. The van der Waals surface area contributed by atoms with Gasteiger partial charge in [-0.1, -0.05) is 35.3 Å². The Kier molecular flexibility index (Phi) is 4.63. The molecule has 3 nitrogen and oxygen atoms in total. The Bertz CT molecular complexity index is 575. The van der Waals surface area contributed by atoms with Crippen LogP contribution in [0.2, 0.25) is 10.0 Å². The van der Waals surface area contributed by atoms with Crippen LogP contribution < -0.4 is 14.8 Å². The number of pyridine rings is 1. The lowest BCUT2D eigenvalue weighted by Gasteiger charge is -2.28. The molecule has 1 aliphatic rings. The number of aromatic amines is 1. The van der Waals surface area contributed by atoms with Crippen LogP contribution in [0.3, 0.4) is 0 Å². The SMILES string of the molecule is Clc1cccc(Cl)c1C[NH+]1CCN(c2cccc[nH+]2)CC1. The minimum absolute atomic E-state index is 0.772. The van der Waals surface area contributed by atoms with E-state index >= 15 is 0 Å². The van der Waals surface area contributed by atoms with E-state index in [0.29, 0.717) is 0 Å². The number of aromatic nitrogens is 1. The normalized spacial score (nSPS) is 16.2. The highest BCUT2D eigenvalue weighted by Gasteiger charge is 2.26. The van der Waals surface area contributed by atoms with E-state index in [4.69, 9.17) is 23.2 Å². The van der Waals surface area contributed by atoms with Crippen molar-refractivity contribution in [1.29, 1.82) is 0 Å². The maximum atomic E-state index is 6.26. The molecule has 1 aliphatic heterocycles. The maximum absolute atomic E-state index is 6.26. The third-order valence-electron chi connectivity index (χ3n) is 3.99.